The van der Waals surface area contributed by atoms with Gasteiger partial charge in [-0.3, -0.25) is 4.79 Å². The lowest BCUT2D eigenvalue weighted by atomic mass is 9.81. The van der Waals surface area contributed by atoms with E-state index in [-0.39, 0.29) is 5.41 Å². The first kappa shape index (κ1) is 18.4. The van der Waals surface area contributed by atoms with Crippen LogP contribution in [0.4, 0.5) is 0 Å². The van der Waals surface area contributed by atoms with Crippen LogP contribution in [0, 0.1) is 22.7 Å². The molecule has 0 aromatic carbocycles. The summed E-state index contributed by atoms with van der Waals surface area (Å²) in [7, 11) is 0. The minimum atomic E-state index is 0.276. The molecule has 0 aliphatic rings. The Labute approximate surface area is 120 Å². The van der Waals surface area contributed by atoms with Crippen molar-refractivity contribution in [1.29, 1.82) is 0 Å². The summed E-state index contributed by atoms with van der Waals surface area (Å²) in [6.07, 6.45) is 6.49. The van der Waals surface area contributed by atoms with Gasteiger partial charge < -0.3 is 0 Å². The summed E-state index contributed by atoms with van der Waals surface area (Å²) in [5, 5.41) is 0. The molecule has 0 rings (SSSR count). The van der Waals surface area contributed by atoms with Gasteiger partial charge in [0.25, 0.3) is 0 Å². The van der Waals surface area contributed by atoms with Crippen molar-refractivity contribution in [2.24, 2.45) is 22.7 Å². The zero-order valence-electron chi connectivity index (χ0n) is 14.3. The summed E-state index contributed by atoms with van der Waals surface area (Å²) in [6.45, 7) is 18.0. The maximum absolute atomic E-state index is 11.3. The first-order chi connectivity index (χ1) is 8.44. The highest BCUT2D eigenvalue weighted by Gasteiger charge is 2.19. The quantitative estimate of drug-likeness (QED) is 0.448. The van der Waals surface area contributed by atoms with Crippen molar-refractivity contribution in [3.63, 3.8) is 0 Å². The maximum Gasteiger partial charge on any atom is 0.145 e. The van der Waals surface area contributed by atoms with Gasteiger partial charge in [-0.25, -0.2) is 0 Å². The van der Waals surface area contributed by atoms with Gasteiger partial charge in [-0.2, -0.15) is 0 Å². The Kier molecular flexibility index (Phi) is 7.04. The number of rotatable bonds is 6. The summed E-state index contributed by atoms with van der Waals surface area (Å²) >= 11 is 0. The molecule has 1 heteroatoms. The Morgan fingerprint density at radius 2 is 1.42 bits per heavy atom. The number of carbonyl (C=O) groups excluding carboxylic acids is 1. The van der Waals surface area contributed by atoms with Gasteiger partial charge in [0.1, 0.15) is 6.29 Å². The Morgan fingerprint density at radius 1 is 0.947 bits per heavy atom. The zero-order valence-corrected chi connectivity index (χ0v) is 14.3. The van der Waals surface area contributed by atoms with Crippen molar-refractivity contribution in [3.05, 3.63) is 11.6 Å². The zero-order chi connectivity index (χ0) is 15.3. The molecule has 0 amide bonds. The van der Waals surface area contributed by atoms with E-state index in [1.165, 1.54) is 6.42 Å². The monoisotopic (exact) mass is 266 g/mol. The van der Waals surface area contributed by atoms with E-state index >= 15 is 0 Å². The fourth-order valence-corrected chi connectivity index (χ4v) is 2.87. The van der Waals surface area contributed by atoms with Crippen LogP contribution in [0.25, 0.3) is 0 Å². The van der Waals surface area contributed by atoms with E-state index in [1.54, 1.807) is 0 Å². The fraction of sp³-hybridized carbons (Fsp3) is 0.833. The number of carbonyl (C=O) groups is 1. The first-order valence-electron chi connectivity index (χ1n) is 7.60. The second-order valence-electron chi connectivity index (χ2n) is 8.59. The van der Waals surface area contributed by atoms with E-state index in [1.807, 2.05) is 0 Å². The molecule has 0 aromatic rings. The molecule has 0 spiro atoms. The summed E-state index contributed by atoms with van der Waals surface area (Å²) in [6, 6.07) is 0. The van der Waals surface area contributed by atoms with Crippen molar-refractivity contribution in [1.82, 2.24) is 0 Å². The second-order valence-corrected chi connectivity index (χ2v) is 8.59. The van der Waals surface area contributed by atoms with Crippen LogP contribution in [0.1, 0.15) is 74.7 Å². The van der Waals surface area contributed by atoms with E-state index in [9.17, 15) is 4.79 Å². The molecule has 0 heterocycles. The van der Waals surface area contributed by atoms with Gasteiger partial charge in [-0.05, 0) is 47.5 Å². The molecule has 0 saturated carbocycles. The SMILES string of the molecule is CC(C/C=C(/C=O)C(C)CC(C)(C)C)CC(C)(C)C. The molecule has 19 heavy (non-hydrogen) atoms. The van der Waals surface area contributed by atoms with Crippen molar-refractivity contribution in [3.8, 4) is 0 Å². The number of aldehydes is 1. The topological polar surface area (TPSA) is 17.1 Å². The molecule has 0 radical (unpaired) electrons. The third-order valence-corrected chi connectivity index (χ3v) is 3.34. The standard InChI is InChI=1S/C18H34O/c1-14(11-17(3,4)5)9-10-16(13-19)15(2)12-18(6,7)8/h10,13-15H,9,11-12H2,1-8H3/b16-10-. The van der Waals surface area contributed by atoms with Gasteiger partial charge >= 0.3 is 0 Å². The highest BCUT2D eigenvalue weighted by atomic mass is 16.1. The lowest BCUT2D eigenvalue weighted by molar-refractivity contribution is -0.105. The number of hydrogen-bond acceptors (Lipinski definition) is 1. The first-order valence-corrected chi connectivity index (χ1v) is 7.60. The predicted octanol–water partition coefficient (Wildman–Crippen LogP) is 5.65. The van der Waals surface area contributed by atoms with Gasteiger partial charge in [-0.1, -0.05) is 61.5 Å². The Balaban J connectivity index is 4.52. The van der Waals surface area contributed by atoms with Gasteiger partial charge in [0.05, 0.1) is 0 Å². The highest BCUT2D eigenvalue weighted by Crippen LogP contribution is 2.30. The van der Waals surface area contributed by atoms with Crippen LogP contribution in [0.2, 0.25) is 0 Å². The van der Waals surface area contributed by atoms with Crippen LogP contribution in [0.3, 0.4) is 0 Å². The van der Waals surface area contributed by atoms with Crippen LogP contribution in [-0.4, -0.2) is 6.29 Å². The number of allylic oxidation sites excluding steroid dienone is 2. The second kappa shape index (κ2) is 7.26. The fourth-order valence-electron chi connectivity index (χ4n) is 2.87. The van der Waals surface area contributed by atoms with Crippen LogP contribution in [-0.2, 0) is 4.79 Å². The van der Waals surface area contributed by atoms with E-state index in [0.717, 1.165) is 24.7 Å². The molecule has 0 N–H and O–H groups in total. The van der Waals surface area contributed by atoms with Crippen LogP contribution >= 0.6 is 0 Å². The van der Waals surface area contributed by atoms with E-state index in [2.05, 4.69) is 61.5 Å². The molecule has 1 nitrogen and oxygen atoms in total. The van der Waals surface area contributed by atoms with Gasteiger partial charge in [0.2, 0.25) is 0 Å². The molecule has 0 saturated heterocycles. The van der Waals surface area contributed by atoms with E-state index in [0.29, 0.717) is 17.3 Å². The van der Waals surface area contributed by atoms with Gasteiger partial charge in [-0.15, -0.1) is 0 Å². The molecule has 0 bridgehead atoms. The van der Waals surface area contributed by atoms with Crippen molar-refractivity contribution in [2.45, 2.75) is 74.7 Å². The summed E-state index contributed by atoms with van der Waals surface area (Å²) in [5.41, 5.74) is 1.63. The summed E-state index contributed by atoms with van der Waals surface area (Å²) in [4.78, 5) is 11.3. The lowest BCUT2D eigenvalue weighted by Gasteiger charge is -2.24. The molecule has 112 valence electrons. The smallest absolute Gasteiger partial charge is 0.145 e. The minimum Gasteiger partial charge on any atom is -0.298 e. The number of hydrogen-bond donors (Lipinski definition) is 0. The van der Waals surface area contributed by atoms with Crippen LogP contribution in [0.15, 0.2) is 11.6 Å². The van der Waals surface area contributed by atoms with Crippen molar-refractivity contribution < 1.29 is 4.79 Å². The van der Waals surface area contributed by atoms with Crippen LogP contribution in [0.5, 0.6) is 0 Å². The molecule has 0 fully saturated rings. The molecule has 0 aliphatic heterocycles. The van der Waals surface area contributed by atoms with Crippen molar-refractivity contribution >= 4 is 6.29 Å². The third-order valence-electron chi connectivity index (χ3n) is 3.34. The van der Waals surface area contributed by atoms with Crippen LogP contribution < -0.4 is 0 Å². The van der Waals surface area contributed by atoms with E-state index in [4.69, 9.17) is 0 Å². The third kappa shape index (κ3) is 9.92. The molecule has 0 aromatic heterocycles. The summed E-state index contributed by atoms with van der Waals surface area (Å²) in [5.74, 6) is 0.996. The van der Waals surface area contributed by atoms with Gasteiger partial charge in [0, 0.05) is 0 Å². The van der Waals surface area contributed by atoms with E-state index < -0.39 is 0 Å². The predicted molar refractivity (Wildman–Crippen MR) is 85.2 cm³/mol. The molecular weight excluding hydrogens is 232 g/mol. The molecule has 2 unspecified atom stereocenters. The molecule has 2 atom stereocenters. The highest BCUT2D eigenvalue weighted by molar-refractivity contribution is 5.73. The molecule has 0 aliphatic carbocycles. The average Bonchev–Trinajstić information content (AvgIpc) is 2.12. The maximum atomic E-state index is 11.3. The average molecular weight is 266 g/mol. The minimum absolute atomic E-state index is 0.276. The summed E-state index contributed by atoms with van der Waals surface area (Å²) < 4.78 is 0. The largest absolute Gasteiger partial charge is 0.298 e. The lowest BCUT2D eigenvalue weighted by Crippen LogP contribution is -2.14. The Hall–Kier alpha value is -0.590. The Morgan fingerprint density at radius 3 is 1.79 bits per heavy atom. The van der Waals surface area contributed by atoms with Crippen molar-refractivity contribution in [2.75, 3.05) is 0 Å². The Bertz CT molecular complexity index is 299. The molecular formula is C18H34O. The van der Waals surface area contributed by atoms with Gasteiger partial charge in [0.15, 0.2) is 0 Å². The normalized spacial score (nSPS) is 17.2.